The van der Waals surface area contributed by atoms with Crippen molar-refractivity contribution in [3.05, 3.63) is 29.3 Å². The van der Waals surface area contributed by atoms with Gasteiger partial charge in [0.15, 0.2) is 6.10 Å². The molecule has 0 heterocycles. The Labute approximate surface area is 102 Å². The Morgan fingerprint density at radius 2 is 1.78 bits per heavy atom. The van der Waals surface area contributed by atoms with E-state index in [4.69, 9.17) is 14.9 Å². The van der Waals surface area contributed by atoms with Crippen LogP contribution < -0.4 is 4.74 Å². The van der Waals surface area contributed by atoms with E-state index in [-0.39, 0.29) is 16.9 Å². The minimum Gasteiger partial charge on any atom is -0.497 e. The second-order valence-electron chi connectivity index (χ2n) is 3.53. The topological polar surface area (TPSA) is 124 Å². The molecule has 98 valence electrons. The lowest BCUT2D eigenvalue weighted by molar-refractivity contribution is -0.153. The predicted molar refractivity (Wildman–Crippen MR) is 58.6 cm³/mol. The average Bonchev–Trinajstić information content (AvgIpc) is 2.35. The minimum atomic E-state index is -2.04. The molecule has 1 aromatic rings. The number of aliphatic carboxylic acids is 1. The number of aliphatic hydroxyl groups is 2. The zero-order valence-electron chi connectivity index (χ0n) is 9.40. The van der Waals surface area contributed by atoms with Crippen molar-refractivity contribution in [3.63, 3.8) is 0 Å². The summed E-state index contributed by atoms with van der Waals surface area (Å²) in [4.78, 5) is 21.4. The number of carboxylic acid groups (broad SMARTS) is 2. The first-order valence-corrected chi connectivity index (χ1v) is 4.88. The van der Waals surface area contributed by atoms with Crippen molar-refractivity contribution >= 4 is 11.9 Å². The van der Waals surface area contributed by atoms with Gasteiger partial charge in [0.25, 0.3) is 0 Å². The highest BCUT2D eigenvalue weighted by Gasteiger charge is 2.26. The number of benzene rings is 1. The summed E-state index contributed by atoms with van der Waals surface area (Å²) in [6, 6.07) is 3.54. The summed E-state index contributed by atoms with van der Waals surface area (Å²) in [5.41, 5.74) is -0.234. The number of hydrogen-bond donors (Lipinski definition) is 4. The van der Waals surface area contributed by atoms with Gasteiger partial charge in [0.05, 0.1) is 12.7 Å². The molecule has 0 amide bonds. The maximum atomic E-state index is 10.8. The number of ether oxygens (including phenoxy) is 1. The van der Waals surface area contributed by atoms with Gasteiger partial charge in [-0.05, 0) is 23.8 Å². The molecule has 0 aromatic heterocycles. The molecule has 4 N–H and O–H groups in total. The van der Waals surface area contributed by atoms with E-state index in [2.05, 4.69) is 0 Å². The van der Waals surface area contributed by atoms with Crippen molar-refractivity contribution in [2.24, 2.45) is 0 Å². The lowest BCUT2D eigenvalue weighted by Crippen LogP contribution is -2.27. The fourth-order valence-corrected chi connectivity index (χ4v) is 1.35. The number of rotatable bonds is 5. The van der Waals surface area contributed by atoms with E-state index in [1.165, 1.54) is 19.2 Å². The molecule has 0 saturated heterocycles. The first-order chi connectivity index (χ1) is 8.36. The molecule has 2 unspecified atom stereocenters. The summed E-state index contributed by atoms with van der Waals surface area (Å²) >= 11 is 0. The lowest BCUT2D eigenvalue weighted by atomic mass is 10.0. The third-order valence-corrected chi connectivity index (χ3v) is 2.31. The third-order valence-electron chi connectivity index (χ3n) is 2.31. The number of carbonyl (C=O) groups is 2. The van der Waals surface area contributed by atoms with Crippen molar-refractivity contribution in [1.82, 2.24) is 0 Å². The Kier molecular flexibility index (Phi) is 4.24. The lowest BCUT2D eigenvalue weighted by Gasteiger charge is -2.15. The molecule has 18 heavy (non-hydrogen) atoms. The van der Waals surface area contributed by atoms with Crippen LogP contribution in [0, 0.1) is 0 Å². The van der Waals surface area contributed by atoms with E-state index in [9.17, 15) is 19.8 Å². The van der Waals surface area contributed by atoms with Gasteiger partial charge in [-0.25, -0.2) is 9.59 Å². The van der Waals surface area contributed by atoms with Crippen LogP contribution in [0.5, 0.6) is 5.75 Å². The molecule has 7 heteroatoms. The van der Waals surface area contributed by atoms with Crippen LogP contribution in [0.3, 0.4) is 0 Å². The maximum Gasteiger partial charge on any atom is 0.335 e. The summed E-state index contributed by atoms with van der Waals surface area (Å²) in [6.07, 6.45) is -3.78. The van der Waals surface area contributed by atoms with Gasteiger partial charge in [0.1, 0.15) is 11.9 Å². The number of aromatic carboxylic acids is 1. The van der Waals surface area contributed by atoms with Gasteiger partial charge in [-0.2, -0.15) is 0 Å². The number of aliphatic hydroxyl groups excluding tert-OH is 2. The van der Waals surface area contributed by atoms with Crippen LogP contribution in [-0.2, 0) is 4.79 Å². The molecule has 0 fully saturated rings. The molecular formula is C11H12O7. The van der Waals surface area contributed by atoms with Crippen molar-refractivity contribution in [1.29, 1.82) is 0 Å². The van der Waals surface area contributed by atoms with E-state index >= 15 is 0 Å². The summed E-state index contributed by atoms with van der Waals surface area (Å²) in [7, 11) is 1.30. The molecule has 0 bridgehead atoms. The zero-order chi connectivity index (χ0) is 13.9. The van der Waals surface area contributed by atoms with E-state index in [0.717, 1.165) is 6.07 Å². The number of carboxylic acids is 2. The largest absolute Gasteiger partial charge is 0.497 e. The van der Waals surface area contributed by atoms with E-state index in [1.807, 2.05) is 0 Å². The maximum absolute atomic E-state index is 10.8. The highest BCUT2D eigenvalue weighted by atomic mass is 16.5. The molecule has 0 spiro atoms. The van der Waals surface area contributed by atoms with Gasteiger partial charge in [-0.1, -0.05) is 0 Å². The first kappa shape index (κ1) is 13.9. The van der Waals surface area contributed by atoms with Crippen LogP contribution in [-0.4, -0.2) is 45.6 Å². The molecule has 0 aliphatic rings. The normalized spacial score (nSPS) is 13.7. The van der Waals surface area contributed by atoms with Crippen LogP contribution in [0.1, 0.15) is 22.0 Å². The van der Waals surface area contributed by atoms with Crippen molar-refractivity contribution in [2.75, 3.05) is 7.11 Å². The molecule has 0 radical (unpaired) electrons. The molecule has 0 saturated carbocycles. The second kappa shape index (κ2) is 5.48. The second-order valence-corrected chi connectivity index (χ2v) is 3.53. The van der Waals surface area contributed by atoms with E-state index < -0.39 is 24.1 Å². The van der Waals surface area contributed by atoms with Crippen LogP contribution >= 0.6 is 0 Å². The monoisotopic (exact) mass is 256 g/mol. The van der Waals surface area contributed by atoms with Crippen molar-refractivity contribution in [3.8, 4) is 5.75 Å². The van der Waals surface area contributed by atoms with Crippen molar-refractivity contribution < 1.29 is 34.8 Å². The Bertz CT molecular complexity index is 468. The fourth-order valence-electron chi connectivity index (χ4n) is 1.35. The Morgan fingerprint density at radius 1 is 1.17 bits per heavy atom. The smallest absolute Gasteiger partial charge is 0.335 e. The Balaban J connectivity index is 3.19. The fraction of sp³-hybridized carbons (Fsp3) is 0.273. The Hall–Kier alpha value is -2.12. The van der Waals surface area contributed by atoms with Crippen LogP contribution in [0.4, 0.5) is 0 Å². The summed E-state index contributed by atoms with van der Waals surface area (Å²) in [5.74, 6) is -2.73. The molecular weight excluding hydrogens is 244 g/mol. The molecule has 0 aliphatic heterocycles. The zero-order valence-corrected chi connectivity index (χ0v) is 9.40. The van der Waals surface area contributed by atoms with Gasteiger partial charge in [-0.15, -0.1) is 0 Å². The van der Waals surface area contributed by atoms with Gasteiger partial charge in [0, 0.05) is 0 Å². The molecule has 2 atom stereocenters. The first-order valence-electron chi connectivity index (χ1n) is 4.88. The van der Waals surface area contributed by atoms with Gasteiger partial charge >= 0.3 is 11.9 Å². The number of hydrogen-bond acceptors (Lipinski definition) is 5. The third kappa shape index (κ3) is 2.96. The average molecular weight is 256 g/mol. The summed E-state index contributed by atoms with van der Waals surface area (Å²) in [6.45, 7) is 0. The van der Waals surface area contributed by atoms with Gasteiger partial charge < -0.3 is 25.2 Å². The summed E-state index contributed by atoms with van der Waals surface area (Å²) in [5, 5.41) is 36.2. The van der Waals surface area contributed by atoms with Crippen LogP contribution in [0.2, 0.25) is 0 Å². The van der Waals surface area contributed by atoms with Crippen molar-refractivity contribution in [2.45, 2.75) is 12.2 Å². The SMILES string of the molecule is COc1cc(C(=O)O)cc(C(O)C(O)C(=O)O)c1. The van der Waals surface area contributed by atoms with Gasteiger partial charge in [0.2, 0.25) is 0 Å². The molecule has 7 nitrogen and oxygen atoms in total. The van der Waals surface area contributed by atoms with Gasteiger partial charge in [-0.3, -0.25) is 0 Å². The van der Waals surface area contributed by atoms with E-state index in [0.29, 0.717) is 0 Å². The standard InChI is InChI=1S/C11H12O7/c1-18-7-3-5(2-6(4-7)10(14)15)8(12)9(13)11(16)17/h2-4,8-9,12-13H,1H3,(H,14,15)(H,16,17). The minimum absolute atomic E-state index is 0.0540. The quantitative estimate of drug-likeness (QED) is 0.578. The predicted octanol–water partition coefficient (Wildman–Crippen LogP) is -0.128. The Morgan fingerprint density at radius 3 is 2.22 bits per heavy atom. The molecule has 0 aliphatic carbocycles. The van der Waals surface area contributed by atoms with Crippen LogP contribution in [0.15, 0.2) is 18.2 Å². The molecule has 1 rings (SSSR count). The highest BCUT2D eigenvalue weighted by Crippen LogP contribution is 2.24. The number of methoxy groups -OCH3 is 1. The molecule has 1 aromatic carbocycles. The van der Waals surface area contributed by atoms with Crippen LogP contribution in [0.25, 0.3) is 0 Å². The summed E-state index contributed by atoms with van der Waals surface area (Å²) < 4.78 is 4.83. The highest BCUT2D eigenvalue weighted by molar-refractivity contribution is 5.88. The van der Waals surface area contributed by atoms with E-state index in [1.54, 1.807) is 0 Å².